The summed E-state index contributed by atoms with van der Waals surface area (Å²) in [6.45, 7) is 9.27. The van der Waals surface area contributed by atoms with E-state index in [1.807, 2.05) is 70.2 Å². The second-order valence-electron chi connectivity index (χ2n) is 9.26. The highest BCUT2D eigenvalue weighted by Gasteiger charge is 2.28. The van der Waals surface area contributed by atoms with Gasteiger partial charge < -0.3 is 19.7 Å². The molecule has 0 aromatic heterocycles. The minimum Gasteiger partial charge on any atom is -0.490 e. The molecule has 0 bridgehead atoms. The van der Waals surface area contributed by atoms with Gasteiger partial charge >= 0.3 is 0 Å². The number of nitrogens with one attached hydrogen (secondary N) is 1. The zero-order chi connectivity index (χ0) is 25.2. The van der Waals surface area contributed by atoms with E-state index in [1.54, 1.807) is 4.90 Å². The van der Waals surface area contributed by atoms with E-state index in [-0.39, 0.29) is 17.9 Å². The Balaban J connectivity index is 1.73. The van der Waals surface area contributed by atoms with Crippen molar-refractivity contribution in [3.63, 3.8) is 0 Å². The molecule has 1 saturated carbocycles. The summed E-state index contributed by atoms with van der Waals surface area (Å²) < 4.78 is 11.4. The predicted octanol–water partition coefficient (Wildman–Crippen LogP) is 5.20. The number of carbonyl (C=O) groups excluding carboxylic acids is 2. The molecule has 0 saturated heterocycles. The van der Waals surface area contributed by atoms with E-state index in [4.69, 9.17) is 9.47 Å². The van der Waals surface area contributed by atoms with Crippen LogP contribution in [0.2, 0.25) is 0 Å². The highest BCUT2D eigenvalue weighted by atomic mass is 16.5. The van der Waals surface area contributed by atoms with Crippen LogP contribution in [-0.4, -0.2) is 42.0 Å². The Morgan fingerprint density at radius 2 is 1.71 bits per heavy atom. The van der Waals surface area contributed by atoms with Gasteiger partial charge in [0.15, 0.2) is 11.5 Å². The Labute approximate surface area is 210 Å². The van der Waals surface area contributed by atoms with Gasteiger partial charge in [0, 0.05) is 19.0 Å². The summed E-state index contributed by atoms with van der Waals surface area (Å²) in [6, 6.07) is 13.5. The molecular weight excluding hydrogens is 440 g/mol. The Morgan fingerprint density at radius 3 is 2.40 bits per heavy atom. The van der Waals surface area contributed by atoms with Gasteiger partial charge in [-0.15, -0.1) is 0 Å². The molecule has 0 spiro atoms. The Hall–Kier alpha value is -3.02. The van der Waals surface area contributed by atoms with Crippen molar-refractivity contribution in [3.8, 4) is 11.5 Å². The lowest BCUT2D eigenvalue weighted by molar-refractivity contribution is -0.140. The fourth-order valence-electron chi connectivity index (χ4n) is 4.59. The summed E-state index contributed by atoms with van der Waals surface area (Å²) in [7, 11) is 0. The van der Waals surface area contributed by atoms with E-state index in [2.05, 4.69) is 5.32 Å². The Kier molecular flexibility index (Phi) is 10.0. The first kappa shape index (κ1) is 26.6. The number of hydrogen-bond acceptors (Lipinski definition) is 4. The van der Waals surface area contributed by atoms with Gasteiger partial charge in [-0.05, 0) is 75.8 Å². The number of benzene rings is 2. The minimum atomic E-state index is -0.540. The molecule has 35 heavy (non-hydrogen) atoms. The molecular formula is C29H40N2O4. The number of nitrogens with zero attached hydrogens (tertiary/aromatic N) is 1. The summed E-state index contributed by atoms with van der Waals surface area (Å²) in [6.07, 6.45) is 5.21. The van der Waals surface area contributed by atoms with Crippen molar-refractivity contribution >= 4 is 11.8 Å². The third-order valence-electron chi connectivity index (χ3n) is 6.71. The molecule has 2 amide bonds. The van der Waals surface area contributed by atoms with Crippen LogP contribution in [0.3, 0.4) is 0 Å². The van der Waals surface area contributed by atoms with Gasteiger partial charge in [-0.3, -0.25) is 9.59 Å². The van der Waals surface area contributed by atoms with Crippen LogP contribution < -0.4 is 14.8 Å². The van der Waals surface area contributed by atoms with Gasteiger partial charge in [0.05, 0.1) is 13.2 Å². The summed E-state index contributed by atoms with van der Waals surface area (Å²) in [4.78, 5) is 28.3. The smallest absolute Gasteiger partial charge is 0.242 e. The molecule has 1 aliphatic carbocycles. The molecule has 1 N–H and O–H groups in total. The lowest BCUT2D eigenvalue weighted by atomic mass is 10.0. The van der Waals surface area contributed by atoms with E-state index in [1.165, 1.54) is 0 Å². The molecule has 0 radical (unpaired) electrons. The van der Waals surface area contributed by atoms with Crippen molar-refractivity contribution in [2.24, 2.45) is 0 Å². The third kappa shape index (κ3) is 7.48. The molecule has 2 aromatic rings. The quantitative estimate of drug-likeness (QED) is 0.453. The fourth-order valence-corrected chi connectivity index (χ4v) is 4.59. The van der Waals surface area contributed by atoms with Crippen molar-refractivity contribution < 1.29 is 19.1 Å². The molecule has 190 valence electrons. The largest absolute Gasteiger partial charge is 0.490 e. The van der Waals surface area contributed by atoms with Crippen molar-refractivity contribution in [2.75, 3.05) is 13.2 Å². The number of amides is 2. The number of ether oxygens (including phenoxy) is 2. The first-order chi connectivity index (χ1) is 16.9. The first-order valence-electron chi connectivity index (χ1n) is 13.0. The molecule has 0 aliphatic heterocycles. The molecule has 1 fully saturated rings. The summed E-state index contributed by atoms with van der Waals surface area (Å²) in [5.41, 5.74) is 3.17. The predicted molar refractivity (Wildman–Crippen MR) is 139 cm³/mol. The van der Waals surface area contributed by atoms with Gasteiger partial charge in [0.1, 0.15) is 6.04 Å². The van der Waals surface area contributed by atoms with Crippen molar-refractivity contribution in [3.05, 3.63) is 59.2 Å². The molecule has 6 heteroatoms. The van der Waals surface area contributed by atoms with Crippen LogP contribution in [0.25, 0.3) is 0 Å². The SMILES string of the molecule is CCOc1ccc(CCC(=O)N(Cc2ccccc2C)[C@@H](C)C(=O)NC2CCCC2)cc1OCC. The highest BCUT2D eigenvalue weighted by molar-refractivity contribution is 5.87. The van der Waals surface area contributed by atoms with Gasteiger partial charge in [-0.2, -0.15) is 0 Å². The minimum absolute atomic E-state index is 0.0332. The van der Waals surface area contributed by atoms with Crippen molar-refractivity contribution in [2.45, 2.75) is 84.8 Å². The normalized spacial score (nSPS) is 14.4. The number of aryl methyl sites for hydroxylation is 2. The monoisotopic (exact) mass is 480 g/mol. The van der Waals surface area contributed by atoms with Crippen LogP contribution in [0.15, 0.2) is 42.5 Å². The number of carbonyl (C=O) groups is 2. The molecule has 0 unspecified atom stereocenters. The maximum absolute atomic E-state index is 13.5. The van der Waals surface area contributed by atoms with Gasteiger partial charge in [-0.25, -0.2) is 0 Å². The number of hydrogen-bond donors (Lipinski definition) is 1. The molecule has 6 nitrogen and oxygen atoms in total. The highest BCUT2D eigenvalue weighted by Crippen LogP contribution is 2.29. The molecule has 1 aliphatic rings. The zero-order valence-electron chi connectivity index (χ0n) is 21.6. The average Bonchev–Trinajstić information content (AvgIpc) is 3.36. The summed E-state index contributed by atoms with van der Waals surface area (Å²) >= 11 is 0. The molecule has 0 heterocycles. The maximum atomic E-state index is 13.5. The van der Waals surface area contributed by atoms with E-state index < -0.39 is 6.04 Å². The zero-order valence-corrected chi connectivity index (χ0v) is 21.6. The summed E-state index contributed by atoms with van der Waals surface area (Å²) in [5.74, 6) is 1.30. The maximum Gasteiger partial charge on any atom is 0.242 e. The Morgan fingerprint density at radius 1 is 1.03 bits per heavy atom. The third-order valence-corrected chi connectivity index (χ3v) is 6.71. The first-order valence-corrected chi connectivity index (χ1v) is 13.0. The average molecular weight is 481 g/mol. The Bertz CT molecular complexity index is 984. The van der Waals surface area contributed by atoms with Crippen LogP contribution in [0.4, 0.5) is 0 Å². The fraction of sp³-hybridized carbons (Fsp3) is 0.517. The number of rotatable bonds is 12. The van der Waals surface area contributed by atoms with Crippen LogP contribution in [-0.2, 0) is 22.6 Å². The summed E-state index contributed by atoms with van der Waals surface area (Å²) in [5, 5.41) is 3.16. The lowest BCUT2D eigenvalue weighted by Crippen LogP contribution is -2.49. The van der Waals surface area contributed by atoms with Crippen molar-refractivity contribution in [1.29, 1.82) is 0 Å². The standard InChI is InChI=1S/C29H40N2O4/c1-5-34-26-17-15-23(19-27(26)35-6-2)16-18-28(32)31(20-24-12-8-7-11-21(24)3)22(4)29(33)30-25-13-9-10-14-25/h7-8,11-12,15,17,19,22,25H,5-6,9-10,13-14,16,18,20H2,1-4H3,(H,30,33)/t22-/m0/s1. The van der Waals surface area contributed by atoms with Crippen LogP contribution in [0.1, 0.15) is 69.6 Å². The van der Waals surface area contributed by atoms with Gasteiger partial charge in [0.2, 0.25) is 11.8 Å². The van der Waals surface area contributed by atoms with Crippen LogP contribution in [0, 0.1) is 6.92 Å². The molecule has 3 rings (SSSR count). The van der Waals surface area contributed by atoms with Crippen LogP contribution in [0.5, 0.6) is 11.5 Å². The topological polar surface area (TPSA) is 67.9 Å². The second-order valence-corrected chi connectivity index (χ2v) is 9.26. The van der Waals surface area contributed by atoms with Gasteiger partial charge in [-0.1, -0.05) is 43.2 Å². The van der Waals surface area contributed by atoms with E-state index in [9.17, 15) is 9.59 Å². The van der Waals surface area contributed by atoms with Crippen molar-refractivity contribution in [1.82, 2.24) is 10.2 Å². The van der Waals surface area contributed by atoms with E-state index in [0.29, 0.717) is 44.1 Å². The second kappa shape index (κ2) is 13.2. The van der Waals surface area contributed by atoms with Gasteiger partial charge in [0.25, 0.3) is 0 Å². The molecule has 2 aromatic carbocycles. The van der Waals surface area contributed by atoms with E-state index >= 15 is 0 Å². The van der Waals surface area contributed by atoms with E-state index in [0.717, 1.165) is 42.4 Å². The lowest BCUT2D eigenvalue weighted by Gasteiger charge is -2.30. The van der Waals surface area contributed by atoms with Crippen LogP contribution >= 0.6 is 0 Å². The molecule has 1 atom stereocenters.